The van der Waals surface area contributed by atoms with Crippen molar-refractivity contribution < 1.29 is 28.1 Å². The number of fused-ring (bicyclic) bond motifs is 1. The Labute approximate surface area is 179 Å². The Bertz CT molecular complexity index is 1100. The Morgan fingerprint density at radius 1 is 0.968 bits per heavy atom. The van der Waals surface area contributed by atoms with Crippen molar-refractivity contribution in [2.45, 2.75) is 25.2 Å². The fourth-order valence-electron chi connectivity index (χ4n) is 3.63. The third kappa shape index (κ3) is 4.25. The molecular weight excluding hydrogens is 399 g/mol. The number of hydrogen-bond acceptors (Lipinski definition) is 5. The van der Waals surface area contributed by atoms with E-state index in [4.69, 9.17) is 18.9 Å². The zero-order chi connectivity index (χ0) is 21.2. The molecule has 158 valence electrons. The number of benzene rings is 3. The van der Waals surface area contributed by atoms with Crippen LogP contribution < -0.4 is 14.2 Å². The quantitative estimate of drug-likeness (QED) is 0.420. The van der Waals surface area contributed by atoms with Gasteiger partial charge in [0.2, 0.25) is 0 Å². The molecule has 5 nitrogen and oxygen atoms in total. The molecule has 2 aliphatic rings. The minimum atomic E-state index is -0.689. The number of carbonyl (C=O) groups is 1. The lowest BCUT2D eigenvalue weighted by molar-refractivity contribution is 0.0948. The highest BCUT2D eigenvalue weighted by Crippen LogP contribution is 2.44. The van der Waals surface area contributed by atoms with Gasteiger partial charge < -0.3 is 18.9 Å². The topological polar surface area (TPSA) is 57.3 Å². The fraction of sp³-hybridized carbons (Fsp3) is 0.240. The summed E-state index contributed by atoms with van der Waals surface area (Å²) in [6.07, 6.45) is -0.281. The second kappa shape index (κ2) is 8.40. The number of hydrogen-bond donors (Lipinski definition) is 0. The highest BCUT2D eigenvalue weighted by molar-refractivity contribution is 6.03. The summed E-state index contributed by atoms with van der Waals surface area (Å²) in [5.41, 5.74) is 1.96. The van der Waals surface area contributed by atoms with Gasteiger partial charge in [0, 0.05) is 6.42 Å². The Kier molecular flexibility index (Phi) is 5.30. The average molecular weight is 420 g/mol. The van der Waals surface area contributed by atoms with E-state index in [0.29, 0.717) is 30.5 Å². The molecule has 0 aromatic heterocycles. The first-order chi connectivity index (χ1) is 15.2. The predicted molar refractivity (Wildman–Crippen MR) is 111 cm³/mol. The van der Waals surface area contributed by atoms with Crippen LogP contribution >= 0.6 is 0 Å². The Balaban J connectivity index is 1.33. The van der Waals surface area contributed by atoms with Crippen LogP contribution in [0.25, 0.3) is 0 Å². The van der Waals surface area contributed by atoms with Crippen molar-refractivity contribution >= 4 is 5.78 Å². The molecule has 1 saturated heterocycles. The lowest BCUT2D eigenvalue weighted by Gasteiger charge is -2.11. The van der Waals surface area contributed by atoms with Crippen molar-refractivity contribution in [1.29, 1.82) is 0 Å². The van der Waals surface area contributed by atoms with E-state index < -0.39 is 18.0 Å². The van der Waals surface area contributed by atoms with Crippen molar-refractivity contribution in [3.05, 3.63) is 89.2 Å². The van der Waals surface area contributed by atoms with Crippen LogP contribution in [0.5, 0.6) is 17.2 Å². The van der Waals surface area contributed by atoms with E-state index in [1.54, 1.807) is 0 Å². The summed E-state index contributed by atoms with van der Waals surface area (Å²) in [6, 6.07) is 19.1. The normalized spacial score (nSPS) is 19.4. The van der Waals surface area contributed by atoms with Gasteiger partial charge in [-0.15, -0.1) is 0 Å². The summed E-state index contributed by atoms with van der Waals surface area (Å²) in [5.74, 6) is 0.867. The third-order valence-corrected chi connectivity index (χ3v) is 5.29. The second-order valence-corrected chi connectivity index (χ2v) is 7.51. The van der Waals surface area contributed by atoms with Crippen LogP contribution in [-0.4, -0.2) is 25.1 Å². The molecule has 0 unspecified atom stereocenters. The smallest absolute Gasteiger partial charge is 0.198 e. The van der Waals surface area contributed by atoms with Crippen molar-refractivity contribution in [2.75, 3.05) is 13.2 Å². The van der Waals surface area contributed by atoms with Crippen molar-refractivity contribution in [3.63, 3.8) is 0 Å². The molecular formula is C25H21FO5. The molecule has 31 heavy (non-hydrogen) atoms. The van der Waals surface area contributed by atoms with E-state index in [9.17, 15) is 9.18 Å². The zero-order valence-electron chi connectivity index (χ0n) is 16.8. The number of ether oxygens (including phenoxy) is 4. The van der Waals surface area contributed by atoms with Crippen molar-refractivity contribution in [2.24, 2.45) is 0 Å². The first-order valence-corrected chi connectivity index (χ1v) is 10.2. The summed E-state index contributed by atoms with van der Waals surface area (Å²) < 4.78 is 36.8. The predicted octanol–water partition coefficient (Wildman–Crippen LogP) is 4.89. The molecule has 0 saturated carbocycles. The summed E-state index contributed by atoms with van der Waals surface area (Å²) >= 11 is 0. The van der Waals surface area contributed by atoms with Crippen LogP contribution in [0.4, 0.5) is 4.39 Å². The lowest BCUT2D eigenvalue weighted by atomic mass is 10.0. The molecule has 3 aromatic carbocycles. The highest BCUT2D eigenvalue weighted by Gasteiger charge is 2.47. The Hall–Kier alpha value is -3.38. The third-order valence-electron chi connectivity index (χ3n) is 5.29. The molecule has 5 rings (SSSR count). The second-order valence-electron chi connectivity index (χ2n) is 7.51. The Morgan fingerprint density at radius 3 is 2.61 bits per heavy atom. The number of Topliss-reactive ketones (excluding diaryl/α,β-unsaturated/α-hetero) is 1. The lowest BCUT2D eigenvalue weighted by Crippen LogP contribution is -2.11. The van der Waals surface area contributed by atoms with Gasteiger partial charge in [0.15, 0.2) is 23.4 Å². The molecule has 0 amide bonds. The summed E-state index contributed by atoms with van der Waals surface area (Å²) in [5, 5.41) is 0. The molecule has 0 N–H and O–H groups in total. The first-order valence-electron chi connectivity index (χ1n) is 10.2. The minimum absolute atomic E-state index is 0.178. The number of rotatable bonds is 6. The van der Waals surface area contributed by atoms with Gasteiger partial charge in [-0.1, -0.05) is 36.4 Å². The van der Waals surface area contributed by atoms with Crippen LogP contribution in [0, 0.1) is 5.82 Å². The van der Waals surface area contributed by atoms with Crippen LogP contribution in [0.15, 0.2) is 66.7 Å². The molecule has 2 aliphatic heterocycles. The molecule has 0 aliphatic carbocycles. The molecule has 0 bridgehead atoms. The van der Waals surface area contributed by atoms with Gasteiger partial charge in [0.1, 0.15) is 24.3 Å². The maximum atomic E-state index is 13.9. The number of ketones is 1. The standard InChI is InChI=1S/C25H21FO5/c26-18-8-10-20(30-15-16-5-2-1-3-6-16)19(14-18)23(27)25-24(31-25)17-7-9-21-22(13-17)29-12-4-11-28-21/h1-3,5-10,13-14,24-25H,4,11-12,15H2/t24-,25+/m0/s1. The van der Waals surface area contributed by atoms with E-state index in [1.165, 1.54) is 18.2 Å². The van der Waals surface area contributed by atoms with Crippen molar-refractivity contribution in [1.82, 2.24) is 0 Å². The van der Waals surface area contributed by atoms with E-state index in [0.717, 1.165) is 17.5 Å². The van der Waals surface area contributed by atoms with E-state index in [-0.39, 0.29) is 18.0 Å². The van der Waals surface area contributed by atoms with Crippen molar-refractivity contribution in [3.8, 4) is 17.2 Å². The Morgan fingerprint density at radius 2 is 1.77 bits per heavy atom. The number of halogens is 1. The van der Waals surface area contributed by atoms with Crippen LogP contribution in [0.1, 0.15) is 34.0 Å². The fourth-order valence-corrected chi connectivity index (χ4v) is 3.63. The molecule has 2 atom stereocenters. The van der Waals surface area contributed by atoms with E-state index in [1.807, 2.05) is 48.5 Å². The van der Waals surface area contributed by atoms with Crippen LogP contribution in [0.3, 0.4) is 0 Å². The SMILES string of the molecule is O=C(c1cc(F)ccc1OCc1ccccc1)[C@H]1O[C@H]1c1ccc2c(c1)OCCCO2. The molecule has 2 heterocycles. The van der Waals surface area contributed by atoms with Gasteiger partial charge in [-0.3, -0.25) is 4.79 Å². The zero-order valence-corrected chi connectivity index (χ0v) is 16.8. The van der Waals surface area contributed by atoms with Gasteiger partial charge >= 0.3 is 0 Å². The van der Waals surface area contributed by atoms with Crippen LogP contribution in [0.2, 0.25) is 0 Å². The van der Waals surface area contributed by atoms with Gasteiger partial charge in [0.05, 0.1) is 18.8 Å². The summed E-state index contributed by atoms with van der Waals surface area (Å²) in [7, 11) is 0. The molecule has 6 heteroatoms. The van der Waals surface area contributed by atoms with Gasteiger partial charge in [-0.2, -0.15) is 0 Å². The monoisotopic (exact) mass is 420 g/mol. The molecule has 0 spiro atoms. The summed E-state index contributed by atoms with van der Waals surface area (Å²) in [6.45, 7) is 1.47. The number of epoxide rings is 1. The molecule has 3 aromatic rings. The van der Waals surface area contributed by atoms with E-state index in [2.05, 4.69) is 0 Å². The number of carbonyl (C=O) groups excluding carboxylic acids is 1. The van der Waals surface area contributed by atoms with Gasteiger partial charge in [-0.25, -0.2) is 4.39 Å². The van der Waals surface area contributed by atoms with Gasteiger partial charge in [-0.05, 0) is 41.5 Å². The maximum Gasteiger partial charge on any atom is 0.198 e. The summed E-state index contributed by atoms with van der Waals surface area (Å²) in [4.78, 5) is 13.1. The van der Waals surface area contributed by atoms with Crippen LogP contribution in [-0.2, 0) is 11.3 Å². The maximum absolute atomic E-state index is 13.9. The minimum Gasteiger partial charge on any atom is -0.490 e. The first kappa shape index (κ1) is 19.6. The van der Waals surface area contributed by atoms with E-state index >= 15 is 0 Å². The van der Waals surface area contributed by atoms with Gasteiger partial charge in [0.25, 0.3) is 0 Å². The molecule has 1 fully saturated rings. The highest BCUT2D eigenvalue weighted by atomic mass is 19.1. The molecule has 0 radical (unpaired) electrons. The average Bonchev–Trinajstić information content (AvgIpc) is 3.62. The largest absolute Gasteiger partial charge is 0.490 e.